The van der Waals surface area contributed by atoms with Crippen LogP contribution in [0.2, 0.25) is 0 Å². The maximum Gasteiger partial charge on any atom is 0.106 e. The molecule has 0 unspecified atom stereocenters. The Hall–Kier alpha value is -1.39. The first kappa shape index (κ1) is 15.0. The second-order valence-corrected chi connectivity index (χ2v) is 6.31. The summed E-state index contributed by atoms with van der Waals surface area (Å²) in [6.07, 6.45) is 0. The van der Waals surface area contributed by atoms with Crippen LogP contribution in [-0.4, -0.2) is 4.99 Å². The number of thiocarbonyl (C=S) groups is 1. The molecule has 0 saturated carbocycles. The molecule has 0 heterocycles. The van der Waals surface area contributed by atoms with Gasteiger partial charge in [-0.3, -0.25) is 0 Å². The third-order valence-corrected chi connectivity index (χ3v) is 3.88. The molecule has 2 aromatic rings. The Morgan fingerprint density at radius 3 is 2.25 bits per heavy atom. The van der Waals surface area contributed by atoms with Crippen molar-refractivity contribution in [2.75, 3.05) is 5.32 Å². The Balaban J connectivity index is 2.48. The van der Waals surface area contributed by atoms with Crippen molar-refractivity contribution in [1.29, 1.82) is 0 Å². The van der Waals surface area contributed by atoms with Crippen LogP contribution in [0.4, 0.5) is 11.4 Å². The molecule has 0 aliphatic rings. The summed E-state index contributed by atoms with van der Waals surface area (Å²) < 4.78 is 1.08. The van der Waals surface area contributed by atoms with Crippen molar-refractivity contribution < 1.29 is 0 Å². The Kier molecular flexibility index (Phi) is 4.45. The summed E-state index contributed by atoms with van der Waals surface area (Å²) >= 11 is 8.65. The first-order valence-corrected chi connectivity index (χ1v) is 7.53. The van der Waals surface area contributed by atoms with Crippen LogP contribution in [0, 0.1) is 20.8 Å². The molecule has 0 radical (unpaired) electrons. The number of benzene rings is 2. The summed E-state index contributed by atoms with van der Waals surface area (Å²) in [5, 5.41) is 3.46. The number of nitrogens with two attached hydrogens (primary N) is 1. The number of aryl methyl sites for hydroxylation is 3. The van der Waals surface area contributed by atoms with E-state index in [1.165, 1.54) is 11.1 Å². The summed E-state index contributed by atoms with van der Waals surface area (Å²) in [5.41, 5.74) is 12.2. The van der Waals surface area contributed by atoms with Crippen LogP contribution >= 0.6 is 28.1 Å². The van der Waals surface area contributed by atoms with Crippen LogP contribution in [-0.2, 0) is 0 Å². The van der Waals surface area contributed by atoms with Gasteiger partial charge in [-0.25, -0.2) is 0 Å². The molecule has 0 fully saturated rings. The van der Waals surface area contributed by atoms with Crippen molar-refractivity contribution in [3.05, 3.63) is 57.1 Å². The van der Waals surface area contributed by atoms with Crippen molar-refractivity contribution in [3.8, 4) is 0 Å². The van der Waals surface area contributed by atoms with Crippen molar-refractivity contribution in [2.24, 2.45) is 5.73 Å². The van der Waals surface area contributed by atoms with E-state index in [9.17, 15) is 0 Å². The fraction of sp³-hybridized carbons (Fsp3) is 0.188. The first-order valence-electron chi connectivity index (χ1n) is 6.32. The largest absolute Gasteiger partial charge is 0.389 e. The monoisotopic (exact) mass is 348 g/mol. The second-order valence-electron chi connectivity index (χ2n) is 4.95. The lowest BCUT2D eigenvalue weighted by Gasteiger charge is -2.16. The Morgan fingerprint density at radius 1 is 1.10 bits per heavy atom. The van der Waals surface area contributed by atoms with Crippen LogP contribution in [0.25, 0.3) is 0 Å². The average Bonchev–Trinajstić information content (AvgIpc) is 2.34. The lowest BCUT2D eigenvalue weighted by Crippen LogP contribution is -2.12. The average molecular weight is 349 g/mol. The third-order valence-electron chi connectivity index (χ3n) is 3.20. The minimum Gasteiger partial charge on any atom is -0.389 e. The predicted molar refractivity (Wildman–Crippen MR) is 94.0 cm³/mol. The maximum absolute atomic E-state index is 5.82. The van der Waals surface area contributed by atoms with Gasteiger partial charge in [-0.15, -0.1) is 0 Å². The molecular formula is C16H17BrN2S. The molecule has 4 heteroatoms. The zero-order valence-electron chi connectivity index (χ0n) is 11.8. The van der Waals surface area contributed by atoms with E-state index in [1.54, 1.807) is 0 Å². The molecule has 0 amide bonds. The van der Waals surface area contributed by atoms with E-state index in [4.69, 9.17) is 18.0 Å². The van der Waals surface area contributed by atoms with Crippen LogP contribution in [0.1, 0.15) is 22.3 Å². The molecule has 0 aliphatic carbocycles. The van der Waals surface area contributed by atoms with Crippen molar-refractivity contribution >= 4 is 44.5 Å². The van der Waals surface area contributed by atoms with E-state index in [0.717, 1.165) is 27.0 Å². The van der Waals surface area contributed by atoms with Gasteiger partial charge < -0.3 is 11.1 Å². The number of hydrogen-bond donors (Lipinski definition) is 2. The zero-order valence-corrected chi connectivity index (χ0v) is 14.2. The molecule has 0 atom stereocenters. The first-order chi connectivity index (χ1) is 9.38. The maximum atomic E-state index is 5.82. The second kappa shape index (κ2) is 5.94. The zero-order chi connectivity index (χ0) is 14.9. The highest BCUT2D eigenvalue weighted by Crippen LogP contribution is 2.29. The van der Waals surface area contributed by atoms with Gasteiger partial charge in [0.05, 0.1) is 0 Å². The number of hydrogen-bond acceptors (Lipinski definition) is 2. The Labute approximate surface area is 133 Å². The Bertz CT molecular complexity index is 657. The van der Waals surface area contributed by atoms with E-state index in [-0.39, 0.29) is 0 Å². The lowest BCUT2D eigenvalue weighted by molar-refractivity contribution is 1.34. The summed E-state index contributed by atoms with van der Waals surface area (Å²) in [4.78, 5) is 0.406. The van der Waals surface area contributed by atoms with Crippen molar-refractivity contribution in [3.63, 3.8) is 0 Å². The third kappa shape index (κ3) is 3.19. The SMILES string of the molecule is Cc1ccc(Nc2c(C)cc(Br)cc2C)c(C(N)=S)c1. The minimum atomic E-state index is 0.406. The van der Waals surface area contributed by atoms with Gasteiger partial charge in [-0.2, -0.15) is 0 Å². The van der Waals surface area contributed by atoms with Gasteiger partial charge in [-0.05, 0) is 56.2 Å². The highest BCUT2D eigenvalue weighted by Gasteiger charge is 2.09. The van der Waals surface area contributed by atoms with Gasteiger partial charge >= 0.3 is 0 Å². The van der Waals surface area contributed by atoms with Crippen LogP contribution in [0.5, 0.6) is 0 Å². The normalized spacial score (nSPS) is 10.4. The highest BCUT2D eigenvalue weighted by molar-refractivity contribution is 9.10. The van der Waals surface area contributed by atoms with E-state index >= 15 is 0 Å². The number of nitrogens with one attached hydrogen (secondary N) is 1. The smallest absolute Gasteiger partial charge is 0.106 e. The molecule has 2 nitrogen and oxygen atoms in total. The van der Waals surface area contributed by atoms with Gasteiger partial charge in [0.15, 0.2) is 0 Å². The lowest BCUT2D eigenvalue weighted by atomic mass is 10.1. The molecule has 2 rings (SSSR count). The van der Waals surface area contributed by atoms with Gasteiger partial charge in [-0.1, -0.05) is 39.8 Å². The quantitative estimate of drug-likeness (QED) is 0.785. The molecule has 2 aromatic carbocycles. The number of rotatable bonds is 3. The highest BCUT2D eigenvalue weighted by atomic mass is 79.9. The fourth-order valence-electron chi connectivity index (χ4n) is 2.21. The summed E-state index contributed by atoms with van der Waals surface area (Å²) in [6, 6.07) is 10.3. The summed E-state index contributed by atoms with van der Waals surface area (Å²) in [7, 11) is 0. The number of anilines is 2. The summed E-state index contributed by atoms with van der Waals surface area (Å²) in [6.45, 7) is 6.19. The molecule has 0 spiro atoms. The molecular weight excluding hydrogens is 332 g/mol. The van der Waals surface area contributed by atoms with E-state index in [2.05, 4.69) is 47.2 Å². The molecule has 0 aromatic heterocycles. The van der Waals surface area contributed by atoms with E-state index in [1.807, 2.05) is 25.1 Å². The molecule has 104 valence electrons. The molecule has 0 saturated heterocycles. The standard InChI is InChI=1S/C16H17BrN2S/c1-9-4-5-14(13(6-9)16(18)20)19-15-10(2)7-12(17)8-11(15)3/h4-8,19H,1-3H3,(H2,18,20). The van der Waals surface area contributed by atoms with Gasteiger partial charge in [0.1, 0.15) is 4.99 Å². The molecule has 3 N–H and O–H groups in total. The molecule has 20 heavy (non-hydrogen) atoms. The van der Waals surface area contributed by atoms with Crippen LogP contribution in [0.15, 0.2) is 34.8 Å². The fourth-order valence-corrected chi connectivity index (χ4v) is 3.07. The molecule has 0 bridgehead atoms. The van der Waals surface area contributed by atoms with Crippen molar-refractivity contribution in [2.45, 2.75) is 20.8 Å². The minimum absolute atomic E-state index is 0.406. The summed E-state index contributed by atoms with van der Waals surface area (Å²) in [5.74, 6) is 0. The topological polar surface area (TPSA) is 38.0 Å². The molecule has 0 aliphatic heterocycles. The van der Waals surface area contributed by atoms with E-state index in [0.29, 0.717) is 4.99 Å². The van der Waals surface area contributed by atoms with Gasteiger partial charge in [0.25, 0.3) is 0 Å². The van der Waals surface area contributed by atoms with Gasteiger partial charge in [0.2, 0.25) is 0 Å². The van der Waals surface area contributed by atoms with Crippen molar-refractivity contribution in [1.82, 2.24) is 0 Å². The number of halogens is 1. The Morgan fingerprint density at radius 2 is 1.70 bits per heavy atom. The van der Waals surface area contributed by atoms with Gasteiger partial charge in [0, 0.05) is 21.4 Å². The van der Waals surface area contributed by atoms with Crippen LogP contribution in [0.3, 0.4) is 0 Å². The van der Waals surface area contributed by atoms with Crippen LogP contribution < -0.4 is 11.1 Å². The predicted octanol–water partition coefficient (Wildman–Crippen LogP) is 4.75. The van der Waals surface area contributed by atoms with E-state index < -0.39 is 0 Å².